The highest BCUT2D eigenvalue weighted by atomic mass is 15.2. The molecule has 0 heterocycles. The highest BCUT2D eigenvalue weighted by molar-refractivity contribution is 5.55. The Morgan fingerprint density at radius 2 is 2.08 bits per heavy atom. The van der Waals surface area contributed by atoms with Crippen LogP contribution in [0.2, 0.25) is 0 Å². The van der Waals surface area contributed by atoms with Gasteiger partial charge in [0.05, 0.1) is 0 Å². The van der Waals surface area contributed by atoms with Gasteiger partial charge in [-0.15, -0.1) is 0 Å². The summed E-state index contributed by atoms with van der Waals surface area (Å²) in [6.45, 7) is 12.4. The Morgan fingerprint density at radius 3 is 2.46 bits per heavy atom. The third-order valence-electron chi connectivity index (χ3n) is 2.67. The Morgan fingerprint density at radius 1 is 1.54 bits per heavy atom. The summed E-state index contributed by atoms with van der Waals surface area (Å²) in [6.07, 6.45) is 2.95. The van der Waals surface area contributed by atoms with E-state index in [-0.39, 0.29) is 0 Å². The summed E-state index contributed by atoms with van der Waals surface area (Å²) in [5, 5.41) is 0. The van der Waals surface area contributed by atoms with Gasteiger partial charge in [-0.05, 0) is 34.2 Å². The van der Waals surface area contributed by atoms with Crippen LogP contribution in [0.4, 0.5) is 0 Å². The van der Waals surface area contributed by atoms with Crippen LogP contribution in [0.15, 0.2) is 17.3 Å². The zero-order valence-electron chi connectivity index (χ0n) is 9.54. The quantitative estimate of drug-likeness (QED) is 0.597. The van der Waals surface area contributed by atoms with E-state index in [0.29, 0.717) is 12.1 Å². The van der Waals surface area contributed by atoms with Crippen molar-refractivity contribution in [2.24, 2.45) is 4.99 Å². The van der Waals surface area contributed by atoms with Crippen molar-refractivity contribution >= 4 is 6.21 Å². The van der Waals surface area contributed by atoms with Crippen LogP contribution in [0, 0.1) is 0 Å². The van der Waals surface area contributed by atoms with Crippen molar-refractivity contribution in [1.82, 2.24) is 4.90 Å². The van der Waals surface area contributed by atoms with Crippen molar-refractivity contribution in [3.8, 4) is 0 Å². The molecule has 0 saturated carbocycles. The van der Waals surface area contributed by atoms with E-state index in [0.717, 1.165) is 12.1 Å². The molecule has 0 bridgehead atoms. The predicted molar refractivity (Wildman–Crippen MR) is 60.3 cm³/mol. The molecule has 2 unspecified atom stereocenters. The number of likely N-dealkylation sites (N-methyl/N-ethyl adjacent to an activating group) is 1. The smallest absolute Gasteiger partial charge is 0.0496 e. The minimum Gasteiger partial charge on any atom is -0.295 e. The highest BCUT2D eigenvalue weighted by Crippen LogP contribution is 2.12. The minimum atomic E-state index is 0.325. The summed E-state index contributed by atoms with van der Waals surface area (Å²) < 4.78 is 0. The van der Waals surface area contributed by atoms with Gasteiger partial charge < -0.3 is 0 Å². The molecule has 0 aliphatic carbocycles. The number of hydrogen-bond donors (Lipinski definition) is 0. The Balaban J connectivity index is 4.24. The van der Waals surface area contributed by atoms with Gasteiger partial charge in [-0.2, -0.15) is 0 Å². The van der Waals surface area contributed by atoms with Gasteiger partial charge in [0.15, 0.2) is 0 Å². The molecule has 76 valence electrons. The lowest BCUT2D eigenvalue weighted by Crippen LogP contribution is -2.37. The van der Waals surface area contributed by atoms with E-state index in [4.69, 9.17) is 0 Å². The molecular formula is C11H22N2. The van der Waals surface area contributed by atoms with Crippen LogP contribution >= 0.6 is 0 Å². The molecule has 13 heavy (non-hydrogen) atoms. The van der Waals surface area contributed by atoms with Gasteiger partial charge in [-0.1, -0.05) is 13.5 Å². The van der Waals surface area contributed by atoms with E-state index < -0.39 is 0 Å². The van der Waals surface area contributed by atoms with Crippen molar-refractivity contribution in [2.75, 3.05) is 7.05 Å². The van der Waals surface area contributed by atoms with Crippen LogP contribution in [0.5, 0.6) is 0 Å². The maximum absolute atomic E-state index is 4.20. The van der Waals surface area contributed by atoms with E-state index in [2.05, 4.69) is 44.3 Å². The SMILES string of the molecule is C=C(/N=C\C)C(C)N(C)C(C)CC. The average molecular weight is 182 g/mol. The molecule has 2 nitrogen and oxygen atoms in total. The topological polar surface area (TPSA) is 15.6 Å². The summed E-state index contributed by atoms with van der Waals surface area (Å²) in [6, 6.07) is 0.907. The zero-order chi connectivity index (χ0) is 10.4. The molecule has 0 aromatic rings. The van der Waals surface area contributed by atoms with E-state index in [1.165, 1.54) is 0 Å². The first-order valence-electron chi connectivity index (χ1n) is 4.94. The van der Waals surface area contributed by atoms with Crippen molar-refractivity contribution in [3.63, 3.8) is 0 Å². The van der Waals surface area contributed by atoms with E-state index >= 15 is 0 Å². The van der Waals surface area contributed by atoms with Gasteiger partial charge >= 0.3 is 0 Å². The van der Waals surface area contributed by atoms with E-state index in [9.17, 15) is 0 Å². The summed E-state index contributed by atoms with van der Waals surface area (Å²) in [5.74, 6) is 0. The number of nitrogens with zero attached hydrogens (tertiary/aromatic N) is 2. The van der Waals surface area contributed by atoms with Crippen LogP contribution in [0.1, 0.15) is 34.1 Å². The van der Waals surface area contributed by atoms with Gasteiger partial charge in [0.2, 0.25) is 0 Å². The maximum Gasteiger partial charge on any atom is 0.0496 e. The molecule has 0 N–H and O–H groups in total. The lowest BCUT2D eigenvalue weighted by molar-refractivity contribution is 0.213. The number of aliphatic imine (C=N–C) groups is 1. The van der Waals surface area contributed by atoms with Crippen LogP contribution in [0.25, 0.3) is 0 Å². The van der Waals surface area contributed by atoms with Gasteiger partial charge in [-0.3, -0.25) is 9.89 Å². The predicted octanol–water partition coefficient (Wildman–Crippen LogP) is 2.71. The first-order valence-corrected chi connectivity index (χ1v) is 4.94. The zero-order valence-corrected chi connectivity index (χ0v) is 9.54. The molecule has 0 aliphatic heterocycles. The van der Waals surface area contributed by atoms with Crippen LogP contribution in [-0.4, -0.2) is 30.2 Å². The Labute approximate surface area is 82.4 Å². The lowest BCUT2D eigenvalue weighted by Gasteiger charge is -2.29. The monoisotopic (exact) mass is 182 g/mol. The maximum atomic E-state index is 4.20. The molecule has 0 amide bonds. The molecule has 0 spiro atoms. The largest absolute Gasteiger partial charge is 0.295 e. The van der Waals surface area contributed by atoms with Crippen molar-refractivity contribution in [1.29, 1.82) is 0 Å². The van der Waals surface area contributed by atoms with Crippen LogP contribution < -0.4 is 0 Å². The summed E-state index contributed by atoms with van der Waals surface area (Å²) in [7, 11) is 2.12. The molecular weight excluding hydrogens is 160 g/mol. The Kier molecular flexibility index (Phi) is 5.63. The van der Waals surface area contributed by atoms with Crippen molar-refractivity contribution in [3.05, 3.63) is 12.3 Å². The Bertz CT molecular complexity index is 185. The molecule has 2 heteroatoms. The van der Waals surface area contributed by atoms with Gasteiger partial charge in [0.1, 0.15) is 0 Å². The fraction of sp³-hybridized carbons (Fsp3) is 0.727. The van der Waals surface area contributed by atoms with Gasteiger partial charge in [0, 0.05) is 24.0 Å². The summed E-state index contributed by atoms with van der Waals surface area (Å²) >= 11 is 0. The number of rotatable bonds is 5. The second-order valence-electron chi connectivity index (χ2n) is 3.48. The van der Waals surface area contributed by atoms with E-state index in [1.54, 1.807) is 6.21 Å². The van der Waals surface area contributed by atoms with Crippen LogP contribution in [0.3, 0.4) is 0 Å². The molecule has 0 radical (unpaired) electrons. The lowest BCUT2D eigenvalue weighted by atomic mass is 10.1. The standard InChI is InChI=1S/C11H22N2/c1-7-9(3)13(6)11(5)10(4)12-8-2/h8-9,11H,4,7H2,1-3,5-6H3/b12-8-. The summed E-state index contributed by atoms with van der Waals surface area (Å²) in [5.41, 5.74) is 0.935. The third-order valence-corrected chi connectivity index (χ3v) is 2.67. The first-order chi connectivity index (χ1) is 6.04. The fourth-order valence-corrected chi connectivity index (χ4v) is 1.18. The second kappa shape index (κ2) is 5.92. The normalized spacial score (nSPS) is 16.5. The van der Waals surface area contributed by atoms with Crippen molar-refractivity contribution in [2.45, 2.75) is 46.2 Å². The fourth-order valence-electron chi connectivity index (χ4n) is 1.18. The van der Waals surface area contributed by atoms with E-state index in [1.807, 2.05) is 6.92 Å². The van der Waals surface area contributed by atoms with Crippen molar-refractivity contribution < 1.29 is 0 Å². The number of hydrogen-bond acceptors (Lipinski definition) is 2. The molecule has 0 saturated heterocycles. The molecule has 0 aliphatic rings. The average Bonchev–Trinajstić information content (AvgIpc) is 2.14. The molecule has 0 aromatic heterocycles. The minimum absolute atomic E-state index is 0.325. The van der Waals surface area contributed by atoms with Gasteiger partial charge in [0.25, 0.3) is 0 Å². The third kappa shape index (κ3) is 3.73. The Hall–Kier alpha value is -0.630. The van der Waals surface area contributed by atoms with Crippen LogP contribution in [-0.2, 0) is 0 Å². The molecule has 0 aromatic carbocycles. The molecule has 0 rings (SSSR count). The molecule has 0 fully saturated rings. The summed E-state index contributed by atoms with van der Waals surface area (Å²) in [4.78, 5) is 6.50. The highest BCUT2D eigenvalue weighted by Gasteiger charge is 2.15. The molecule has 2 atom stereocenters. The first kappa shape index (κ1) is 12.4. The second-order valence-corrected chi connectivity index (χ2v) is 3.48. The van der Waals surface area contributed by atoms with Gasteiger partial charge in [-0.25, -0.2) is 0 Å².